The van der Waals surface area contributed by atoms with Crippen molar-refractivity contribution in [3.8, 4) is 0 Å². The Hall–Kier alpha value is -0.870. The van der Waals surface area contributed by atoms with E-state index < -0.39 is 0 Å². The van der Waals surface area contributed by atoms with E-state index in [1.165, 1.54) is 19.3 Å². The largest absolute Gasteiger partial charge is 0.449 e. The van der Waals surface area contributed by atoms with E-state index in [0.29, 0.717) is 12.6 Å². The van der Waals surface area contributed by atoms with Crippen LogP contribution < -0.4 is 11.1 Å². The molecule has 1 aromatic rings. The molecule has 3 N–H and O–H groups in total. The molecule has 1 fully saturated rings. The van der Waals surface area contributed by atoms with Gasteiger partial charge in [0.05, 0.1) is 11.7 Å². The number of hydrogen-bond acceptors (Lipinski definition) is 4. The molecule has 15 heavy (non-hydrogen) atoms. The molecular weight excluding hydrogens is 190 g/mol. The Balaban J connectivity index is 1.93. The molecule has 84 valence electrons. The number of oxazole rings is 1. The summed E-state index contributed by atoms with van der Waals surface area (Å²) in [5.41, 5.74) is 6.50. The summed E-state index contributed by atoms with van der Waals surface area (Å²) >= 11 is 0. The molecule has 1 unspecified atom stereocenters. The first-order valence-corrected chi connectivity index (χ1v) is 5.78. The highest BCUT2D eigenvalue weighted by molar-refractivity contribution is 5.04. The first-order valence-electron chi connectivity index (χ1n) is 5.78. The lowest BCUT2D eigenvalue weighted by atomic mass is 10.0. The van der Waals surface area contributed by atoms with Crippen molar-refractivity contribution in [3.63, 3.8) is 0 Å². The topological polar surface area (TPSA) is 64.1 Å². The molecule has 0 aromatic carbocycles. The van der Waals surface area contributed by atoms with Gasteiger partial charge >= 0.3 is 0 Å². The van der Waals surface area contributed by atoms with Crippen LogP contribution in [0.4, 0.5) is 0 Å². The van der Waals surface area contributed by atoms with Crippen LogP contribution in [0.25, 0.3) is 0 Å². The minimum absolute atomic E-state index is 0.397. The zero-order valence-corrected chi connectivity index (χ0v) is 9.04. The van der Waals surface area contributed by atoms with Crippen LogP contribution in [0.3, 0.4) is 0 Å². The summed E-state index contributed by atoms with van der Waals surface area (Å²) in [5.74, 6) is 0.822. The monoisotopic (exact) mass is 209 g/mol. The molecule has 1 atom stereocenters. The van der Waals surface area contributed by atoms with Crippen LogP contribution >= 0.6 is 0 Å². The molecule has 0 bridgehead atoms. The normalized spacial score (nSPS) is 21.8. The third-order valence-electron chi connectivity index (χ3n) is 2.83. The van der Waals surface area contributed by atoms with Gasteiger partial charge in [-0.3, -0.25) is 0 Å². The molecule has 4 nitrogen and oxygen atoms in total. The maximum absolute atomic E-state index is 5.44. The Morgan fingerprint density at radius 1 is 1.53 bits per heavy atom. The molecule has 0 aliphatic carbocycles. The number of aryl methyl sites for hydroxylation is 1. The lowest BCUT2D eigenvalue weighted by molar-refractivity contribution is 0.404. The Labute approximate surface area is 90.2 Å². The van der Waals surface area contributed by atoms with Crippen molar-refractivity contribution in [3.05, 3.63) is 17.8 Å². The molecule has 1 aliphatic heterocycles. The second kappa shape index (κ2) is 5.28. The second-order valence-electron chi connectivity index (χ2n) is 4.06. The van der Waals surface area contributed by atoms with Gasteiger partial charge in [-0.2, -0.15) is 0 Å². The molecule has 1 saturated heterocycles. The van der Waals surface area contributed by atoms with Crippen molar-refractivity contribution in [2.75, 3.05) is 13.1 Å². The Morgan fingerprint density at radius 2 is 2.47 bits per heavy atom. The van der Waals surface area contributed by atoms with Gasteiger partial charge in [0.25, 0.3) is 0 Å². The minimum Gasteiger partial charge on any atom is -0.449 e. The Morgan fingerprint density at radius 3 is 3.20 bits per heavy atom. The first kappa shape index (κ1) is 10.6. The van der Waals surface area contributed by atoms with Crippen LogP contribution in [-0.2, 0) is 6.42 Å². The number of rotatable bonds is 4. The number of hydrogen-bond donors (Lipinski definition) is 2. The summed E-state index contributed by atoms with van der Waals surface area (Å²) in [6.45, 7) is 1.79. The number of nitrogens with zero attached hydrogens (tertiary/aromatic N) is 1. The molecule has 0 amide bonds. The minimum atomic E-state index is 0.397. The molecule has 1 aromatic heterocycles. The number of piperidine rings is 1. The summed E-state index contributed by atoms with van der Waals surface area (Å²) < 4.78 is 5.41. The van der Waals surface area contributed by atoms with Gasteiger partial charge in [0.1, 0.15) is 6.26 Å². The third kappa shape index (κ3) is 2.79. The molecule has 2 heterocycles. The first-order chi connectivity index (χ1) is 7.40. The van der Waals surface area contributed by atoms with Crippen LogP contribution in [0.15, 0.2) is 10.7 Å². The van der Waals surface area contributed by atoms with Crippen LogP contribution in [-0.4, -0.2) is 18.1 Å². The maximum atomic E-state index is 5.44. The molecule has 0 saturated carbocycles. The Kier molecular flexibility index (Phi) is 3.75. The zero-order valence-electron chi connectivity index (χ0n) is 9.04. The molecular formula is C11H19N3O. The molecule has 4 heteroatoms. The predicted molar refractivity (Wildman–Crippen MR) is 58.5 cm³/mol. The predicted octanol–water partition coefficient (Wildman–Crippen LogP) is 1.38. The van der Waals surface area contributed by atoms with E-state index in [4.69, 9.17) is 10.2 Å². The van der Waals surface area contributed by atoms with Crippen molar-refractivity contribution >= 4 is 0 Å². The summed E-state index contributed by atoms with van der Waals surface area (Å²) in [6, 6.07) is 0.397. The van der Waals surface area contributed by atoms with E-state index in [-0.39, 0.29) is 0 Å². The third-order valence-corrected chi connectivity index (χ3v) is 2.83. The van der Waals surface area contributed by atoms with Crippen molar-refractivity contribution < 1.29 is 4.42 Å². The molecule has 0 radical (unpaired) electrons. The lowest BCUT2D eigenvalue weighted by Crippen LogP contribution is -2.26. The number of nitrogens with two attached hydrogens (primary N) is 1. The van der Waals surface area contributed by atoms with Gasteiger partial charge < -0.3 is 15.5 Å². The van der Waals surface area contributed by atoms with Gasteiger partial charge in [0, 0.05) is 6.42 Å². The van der Waals surface area contributed by atoms with Crippen LogP contribution in [0, 0.1) is 0 Å². The smallest absolute Gasteiger partial charge is 0.194 e. The number of aromatic nitrogens is 1. The SMILES string of the molecule is NCCCc1nc(C2CCCCN2)co1. The summed E-state index contributed by atoms with van der Waals surface area (Å²) in [5, 5.41) is 3.46. The quantitative estimate of drug-likeness (QED) is 0.786. The fourth-order valence-corrected chi connectivity index (χ4v) is 1.96. The average molecular weight is 209 g/mol. The van der Waals surface area contributed by atoms with Crippen molar-refractivity contribution in [1.82, 2.24) is 10.3 Å². The summed E-state index contributed by atoms with van der Waals surface area (Å²) in [7, 11) is 0. The molecule has 0 spiro atoms. The van der Waals surface area contributed by atoms with Crippen LogP contribution in [0.1, 0.15) is 43.3 Å². The number of nitrogens with one attached hydrogen (secondary N) is 1. The van der Waals surface area contributed by atoms with Gasteiger partial charge in [0.15, 0.2) is 5.89 Å². The summed E-state index contributed by atoms with van der Waals surface area (Å²) in [6.07, 6.45) is 7.30. The summed E-state index contributed by atoms with van der Waals surface area (Å²) in [4.78, 5) is 4.49. The second-order valence-corrected chi connectivity index (χ2v) is 4.06. The van der Waals surface area contributed by atoms with Gasteiger partial charge in [-0.25, -0.2) is 4.98 Å². The van der Waals surface area contributed by atoms with Crippen LogP contribution in [0.5, 0.6) is 0 Å². The van der Waals surface area contributed by atoms with Gasteiger partial charge in [0.2, 0.25) is 0 Å². The van der Waals surface area contributed by atoms with Gasteiger partial charge in [-0.1, -0.05) is 6.42 Å². The maximum Gasteiger partial charge on any atom is 0.194 e. The molecule has 1 aliphatic rings. The van der Waals surface area contributed by atoms with E-state index in [1.54, 1.807) is 6.26 Å². The van der Waals surface area contributed by atoms with Crippen molar-refractivity contribution in [2.24, 2.45) is 5.73 Å². The van der Waals surface area contributed by atoms with Gasteiger partial charge in [-0.15, -0.1) is 0 Å². The van der Waals surface area contributed by atoms with Gasteiger partial charge in [-0.05, 0) is 32.4 Å². The highest BCUT2D eigenvalue weighted by Gasteiger charge is 2.18. The average Bonchev–Trinajstić information content (AvgIpc) is 2.76. The zero-order chi connectivity index (χ0) is 10.5. The van der Waals surface area contributed by atoms with Crippen molar-refractivity contribution in [1.29, 1.82) is 0 Å². The van der Waals surface area contributed by atoms with Crippen molar-refractivity contribution in [2.45, 2.75) is 38.1 Å². The highest BCUT2D eigenvalue weighted by Crippen LogP contribution is 2.22. The van der Waals surface area contributed by atoms with E-state index in [1.807, 2.05) is 0 Å². The highest BCUT2D eigenvalue weighted by atomic mass is 16.3. The fourth-order valence-electron chi connectivity index (χ4n) is 1.96. The van der Waals surface area contributed by atoms with Crippen LogP contribution in [0.2, 0.25) is 0 Å². The van der Waals surface area contributed by atoms with E-state index in [2.05, 4.69) is 10.3 Å². The molecule has 2 rings (SSSR count). The van der Waals surface area contributed by atoms with E-state index in [9.17, 15) is 0 Å². The van der Waals surface area contributed by atoms with E-state index >= 15 is 0 Å². The lowest BCUT2D eigenvalue weighted by Gasteiger charge is -2.20. The Bertz CT molecular complexity index is 292. The fraction of sp³-hybridized carbons (Fsp3) is 0.727. The van der Waals surface area contributed by atoms with E-state index in [0.717, 1.165) is 31.0 Å². The standard InChI is InChI=1S/C11H19N3O/c12-6-3-5-11-14-10(8-15-11)9-4-1-2-7-13-9/h8-9,13H,1-7,12H2.